The lowest BCUT2D eigenvalue weighted by Crippen LogP contribution is -2.25. The summed E-state index contributed by atoms with van der Waals surface area (Å²) in [5.74, 6) is 0.500. The van der Waals surface area contributed by atoms with Gasteiger partial charge < -0.3 is 0 Å². The Labute approximate surface area is 173 Å². The largest absolute Gasteiger partial charge is 0.204 e. The molecule has 2 fully saturated rings. The molecule has 0 atom stereocenters. The average Bonchev–Trinajstić information content (AvgIpc) is 2.74. The van der Waals surface area contributed by atoms with Crippen molar-refractivity contribution in [1.82, 2.24) is 0 Å². The Balaban J connectivity index is 1.31. The van der Waals surface area contributed by atoms with Crippen LogP contribution in [0.5, 0.6) is 0 Å². The predicted octanol–water partition coefficient (Wildman–Crippen LogP) is 7.67. The topological polar surface area (TPSA) is 23.8 Å². The van der Waals surface area contributed by atoms with Crippen molar-refractivity contribution in [3.63, 3.8) is 0 Å². The molecule has 0 unspecified atom stereocenters. The van der Waals surface area contributed by atoms with Gasteiger partial charge in [-0.2, -0.15) is 9.65 Å². The zero-order chi connectivity index (χ0) is 20.6. The molecule has 1 nitrogen and oxygen atoms in total. The fourth-order valence-electron chi connectivity index (χ4n) is 5.43. The molecule has 29 heavy (non-hydrogen) atoms. The van der Waals surface area contributed by atoms with Crippen LogP contribution in [-0.4, -0.2) is 0 Å². The van der Waals surface area contributed by atoms with Crippen LogP contribution < -0.4 is 0 Å². The van der Waals surface area contributed by atoms with Gasteiger partial charge in [0.25, 0.3) is 0 Å². The van der Waals surface area contributed by atoms with Crippen LogP contribution in [0.3, 0.4) is 0 Å². The monoisotopic (exact) mass is 403 g/mol. The van der Waals surface area contributed by atoms with Gasteiger partial charge in [0.2, 0.25) is 0 Å². The summed E-state index contributed by atoms with van der Waals surface area (Å²) >= 11 is 0. The molecule has 4 heteroatoms. The quantitative estimate of drug-likeness (QED) is 0.338. The van der Waals surface area contributed by atoms with E-state index in [1.807, 2.05) is 0 Å². The Morgan fingerprint density at radius 2 is 1.59 bits per heavy atom. The van der Waals surface area contributed by atoms with E-state index in [-0.39, 0.29) is 5.92 Å². The third kappa shape index (κ3) is 6.63. The maximum absolute atomic E-state index is 13.3. The van der Waals surface area contributed by atoms with Crippen molar-refractivity contribution < 1.29 is 13.2 Å². The summed E-state index contributed by atoms with van der Waals surface area (Å²) in [5, 5.41) is 8.58. The van der Waals surface area contributed by atoms with E-state index in [9.17, 15) is 13.2 Å². The van der Waals surface area contributed by atoms with Crippen LogP contribution in [0, 0.1) is 46.6 Å². The van der Waals surface area contributed by atoms with Gasteiger partial charge in [-0.3, -0.25) is 0 Å². The molecular formula is C25H32F3N. The van der Waals surface area contributed by atoms with Crippen LogP contribution in [0.4, 0.5) is 13.2 Å². The van der Waals surface area contributed by atoms with Gasteiger partial charge in [-0.25, -0.2) is 8.78 Å². The fourth-order valence-corrected chi connectivity index (χ4v) is 5.43. The Bertz CT molecular complexity index is 720. The number of hydrogen-bond acceptors (Lipinski definition) is 1. The van der Waals surface area contributed by atoms with Gasteiger partial charge in [0.05, 0.1) is 0 Å². The molecule has 0 amide bonds. The second-order valence-electron chi connectivity index (χ2n) is 9.08. The summed E-state index contributed by atoms with van der Waals surface area (Å²) in [6.07, 6.45) is 15.4. The second-order valence-corrected chi connectivity index (χ2v) is 9.08. The van der Waals surface area contributed by atoms with E-state index in [1.54, 1.807) is 12.1 Å². The maximum atomic E-state index is 13.3. The first-order chi connectivity index (χ1) is 14.0. The molecule has 0 radical (unpaired) electrons. The van der Waals surface area contributed by atoms with Gasteiger partial charge in [-0.05, 0) is 98.8 Å². The van der Waals surface area contributed by atoms with Crippen molar-refractivity contribution in [3.8, 4) is 6.07 Å². The van der Waals surface area contributed by atoms with Crippen molar-refractivity contribution in [3.05, 3.63) is 47.3 Å². The number of allylic oxidation sites excluding steroid dienone is 2. The van der Waals surface area contributed by atoms with Crippen molar-refractivity contribution >= 4 is 0 Å². The number of unbranched alkanes of at least 4 members (excludes halogenated alkanes) is 1. The van der Waals surface area contributed by atoms with Crippen LogP contribution in [-0.2, 0) is 6.42 Å². The number of rotatable bonds is 7. The van der Waals surface area contributed by atoms with Gasteiger partial charge >= 0.3 is 0 Å². The minimum Gasteiger partial charge on any atom is -0.204 e. The number of nitriles is 1. The summed E-state index contributed by atoms with van der Waals surface area (Å²) in [7, 11) is 0. The molecule has 0 spiro atoms. The highest BCUT2D eigenvalue weighted by Gasteiger charge is 2.30. The van der Waals surface area contributed by atoms with E-state index in [0.29, 0.717) is 0 Å². The van der Waals surface area contributed by atoms with E-state index in [0.717, 1.165) is 55.4 Å². The summed E-state index contributed by atoms with van der Waals surface area (Å²) < 4.78 is 39.4. The third-order valence-electron chi connectivity index (χ3n) is 7.18. The molecule has 2 aliphatic rings. The molecular weight excluding hydrogens is 371 g/mol. The van der Waals surface area contributed by atoms with E-state index in [1.165, 1.54) is 63.2 Å². The van der Waals surface area contributed by atoms with Gasteiger partial charge in [0.1, 0.15) is 6.07 Å². The van der Waals surface area contributed by atoms with Crippen LogP contribution >= 0.6 is 0 Å². The molecule has 1 aromatic carbocycles. The molecule has 0 heterocycles. The Morgan fingerprint density at radius 1 is 0.931 bits per heavy atom. The lowest BCUT2D eigenvalue weighted by molar-refractivity contribution is 0.151. The summed E-state index contributed by atoms with van der Waals surface area (Å²) in [6.45, 7) is 0. The Hall–Kier alpha value is -1.76. The van der Waals surface area contributed by atoms with Gasteiger partial charge in [0, 0.05) is 0 Å². The lowest BCUT2D eigenvalue weighted by atomic mass is 9.68. The predicted molar refractivity (Wildman–Crippen MR) is 110 cm³/mol. The molecule has 0 bridgehead atoms. The van der Waals surface area contributed by atoms with Crippen LogP contribution in [0.1, 0.15) is 76.2 Å². The van der Waals surface area contributed by atoms with E-state index in [2.05, 4.69) is 0 Å². The number of nitrogens with zero attached hydrogens (tertiary/aromatic N) is 1. The Morgan fingerprint density at radius 3 is 2.21 bits per heavy atom. The smallest absolute Gasteiger partial charge is 0.196 e. The molecule has 3 rings (SSSR count). The number of hydrogen-bond donors (Lipinski definition) is 0. The SMILES string of the molecule is N#C/C(F)=C/C1CCC([C@H]2CC[C@H](CCCCc3ccc(F)c(F)c3)CC2)CC1. The zero-order valence-corrected chi connectivity index (χ0v) is 17.2. The highest BCUT2D eigenvalue weighted by molar-refractivity contribution is 5.17. The normalized spacial score (nSPS) is 28.1. The summed E-state index contributed by atoms with van der Waals surface area (Å²) in [5.41, 5.74) is 0.882. The number of halogens is 3. The fraction of sp³-hybridized carbons (Fsp3) is 0.640. The highest BCUT2D eigenvalue weighted by Crippen LogP contribution is 2.42. The third-order valence-corrected chi connectivity index (χ3v) is 7.18. The molecule has 0 saturated heterocycles. The minimum absolute atomic E-state index is 0.247. The van der Waals surface area contributed by atoms with Crippen LogP contribution in [0.25, 0.3) is 0 Å². The van der Waals surface area contributed by atoms with Gasteiger partial charge in [-0.15, -0.1) is 0 Å². The molecule has 0 aliphatic heterocycles. The maximum Gasteiger partial charge on any atom is 0.196 e. The standard InChI is InChI=1S/C25H32F3N/c26-23(17-29)15-20-7-12-22(13-8-20)21-10-5-18(6-11-21)3-1-2-4-19-9-14-24(27)25(28)16-19/h9,14-16,18,20-22H,1-8,10-13H2/b23-15-/t18-,20?,21-,22?. The van der Waals surface area contributed by atoms with Crippen molar-refractivity contribution in [2.45, 2.75) is 77.0 Å². The molecule has 0 aromatic heterocycles. The highest BCUT2D eigenvalue weighted by atomic mass is 19.2. The molecule has 2 saturated carbocycles. The second kappa shape index (κ2) is 10.9. The van der Waals surface area contributed by atoms with E-state index >= 15 is 0 Å². The summed E-state index contributed by atoms with van der Waals surface area (Å²) in [6, 6.07) is 5.81. The van der Waals surface area contributed by atoms with Crippen molar-refractivity contribution in [2.75, 3.05) is 0 Å². The Kier molecular flexibility index (Phi) is 8.21. The lowest BCUT2D eigenvalue weighted by Gasteiger charge is -2.37. The summed E-state index contributed by atoms with van der Waals surface area (Å²) in [4.78, 5) is 0. The number of aryl methyl sites for hydroxylation is 1. The number of benzene rings is 1. The van der Waals surface area contributed by atoms with Crippen molar-refractivity contribution in [1.29, 1.82) is 5.26 Å². The minimum atomic E-state index is -0.773. The zero-order valence-electron chi connectivity index (χ0n) is 17.2. The molecule has 158 valence electrons. The van der Waals surface area contributed by atoms with Gasteiger partial charge in [0.15, 0.2) is 17.5 Å². The van der Waals surface area contributed by atoms with E-state index < -0.39 is 17.5 Å². The van der Waals surface area contributed by atoms with Crippen LogP contribution in [0.15, 0.2) is 30.1 Å². The average molecular weight is 404 g/mol. The first kappa shape index (κ1) is 21.9. The molecule has 0 N–H and O–H groups in total. The first-order valence-electron chi connectivity index (χ1n) is 11.3. The van der Waals surface area contributed by atoms with Crippen LogP contribution in [0.2, 0.25) is 0 Å². The van der Waals surface area contributed by atoms with Crippen molar-refractivity contribution in [2.24, 2.45) is 23.7 Å². The first-order valence-corrected chi connectivity index (χ1v) is 11.3. The van der Waals surface area contributed by atoms with E-state index in [4.69, 9.17) is 5.26 Å². The molecule has 1 aromatic rings. The molecule has 2 aliphatic carbocycles. The van der Waals surface area contributed by atoms with Gasteiger partial charge in [-0.1, -0.05) is 31.7 Å².